The Labute approximate surface area is 139 Å². The summed E-state index contributed by atoms with van der Waals surface area (Å²) in [5, 5.41) is 2.93. The fraction of sp³-hybridized carbons (Fsp3) is 0.579. The second kappa shape index (κ2) is 8.14. The highest BCUT2D eigenvalue weighted by atomic mass is 16.2. The van der Waals surface area contributed by atoms with Crippen molar-refractivity contribution in [1.29, 1.82) is 0 Å². The van der Waals surface area contributed by atoms with Gasteiger partial charge in [-0.15, -0.1) is 0 Å². The van der Waals surface area contributed by atoms with Crippen LogP contribution in [0.15, 0.2) is 24.3 Å². The van der Waals surface area contributed by atoms with E-state index in [1.165, 1.54) is 5.56 Å². The minimum atomic E-state index is 0.126. The number of likely N-dealkylation sites (tertiary alicyclic amines) is 1. The SMILES string of the molecule is Cc1ccc(C(=O)N2CCC(CCC(=O)NC(C)C)CC2)cc1. The first-order valence-electron chi connectivity index (χ1n) is 8.61. The molecule has 0 radical (unpaired) electrons. The van der Waals surface area contributed by atoms with Gasteiger partial charge in [0.25, 0.3) is 5.91 Å². The van der Waals surface area contributed by atoms with Gasteiger partial charge in [0.1, 0.15) is 0 Å². The predicted molar refractivity (Wildman–Crippen MR) is 92.3 cm³/mol. The summed E-state index contributed by atoms with van der Waals surface area (Å²) >= 11 is 0. The Hall–Kier alpha value is -1.84. The van der Waals surface area contributed by atoms with E-state index in [0.717, 1.165) is 37.9 Å². The van der Waals surface area contributed by atoms with E-state index in [1.807, 2.05) is 49.9 Å². The first kappa shape index (κ1) is 17.5. The van der Waals surface area contributed by atoms with E-state index in [2.05, 4.69) is 5.32 Å². The molecule has 1 fully saturated rings. The third-order valence-electron chi connectivity index (χ3n) is 4.43. The number of carbonyl (C=O) groups is 2. The molecule has 23 heavy (non-hydrogen) atoms. The smallest absolute Gasteiger partial charge is 0.253 e. The fourth-order valence-electron chi connectivity index (χ4n) is 3.03. The third-order valence-corrected chi connectivity index (χ3v) is 4.43. The van der Waals surface area contributed by atoms with E-state index in [0.29, 0.717) is 12.3 Å². The van der Waals surface area contributed by atoms with Crippen LogP contribution in [0.3, 0.4) is 0 Å². The van der Waals surface area contributed by atoms with Crippen molar-refractivity contribution in [3.63, 3.8) is 0 Å². The van der Waals surface area contributed by atoms with Gasteiger partial charge in [-0.1, -0.05) is 17.7 Å². The lowest BCUT2D eigenvalue weighted by Crippen LogP contribution is -2.39. The monoisotopic (exact) mass is 316 g/mol. The third kappa shape index (κ3) is 5.38. The predicted octanol–water partition coefficient (Wildman–Crippen LogP) is 3.15. The highest BCUT2D eigenvalue weighted by Gasteiger charge is 2.23. The number of amides is 2. The zero-order valence-electron chi connectivity index (χ0n) is 14.5. The summed E-state index contributed by atoms with van der Waals surface area (Å²) in [7, 11) is 0. The van der Waals surface area contributed by atoms with E-state index in [-0.39, 0.29) is 17.9 Å². The second-order valence-electron chi connectivity index (χ2n) is 6.86. The number of nitrogens with one attached hydrogen (secondary N) is 1. The van der Waals surface area contributed by atoms with E-state index >= 15 is 0 Å². The summed E-state index contributed by atoms with van der Waals surface area (Å²) in [6.45, 7) is 7.57. The molecule has 1 saturated heterocycles. The molecule has 1 aliphatic heterocycles. The van der Waals surface area contributed by atoms with Crippen LogP contribution < -0.4 is 5.32 Å². The van der Waals surface area contributed by atoms with Crippen LogP contribution >= 0.6 is 0 Å². The molecule has 0 aliphatic carbocycles. The van der Waals surface area contributed by atoms with Crippen LogP contribution in [-0.4, -0.2) is 35.8 Å². The first-order chi connectivity index (χ1) is 11.0. The molecule has 0 unspecified atom stereocenters. The van der Waals surface area contributed by atoms with E-state index < -0.39 is 0 Å². The summed E-state index contributed by atoms with van der Waals surface area (Å²) < 4.78 is 0. The quantitative estimate of drug-likeness (QED) is 0.907. The fourth-order valence-corrected chi connectivity index (χ4v) is 3.03. The van der Waals surface area contributed by atoms with Gasteiger partial charge in [0.05, 0.1) is 0 Å². The highest BCUT2D eigenvalue weighted by Crippen LogP contribution is 2.23. The normalized spacial score (nSPS) is 15.7. The molecule has 0 atom stereocenters. The molecule has 0 bridgehead atoms. The van der Waals surface area contributed by atoms with Crippen molar-refractivity contribution in [3.8, 4) is 0 Å². The molecule has 0 aromatic heterocycles. The van der Waals surface area contributed by atoms with Crippen LogP contribution in [0.25, 0.3) is 0 Å². The maximum absolute atomic E-state index is 12.5. The van der Waals surface area contributed by atoms with Crippen LogP contribution in [0.5, 0.6) is 0 Å². The zero-order valence-corrected chi connectivity index (χ0v) is 14.5. The molecule has 2 amide bonds. The Kier molecular flexibility index (Phi) is 6.20. The van der Waals surface area contributed by atoms with Crippen LogP contribution in [-0.2, 0) is 4.79 Å². The van der Waals surface area contributed by atoms with Gasteiger partial charge in [0, 0.05) is 31.1 Å². The molecule has 1 N–H and O–H groups in total. The number of hydrogen-bond donors (Lipinski definition) is 1. The van der Waals surface area contributed by atoms with Crippen molar-refractivity contribution in [2.45, 2.75) is 52.5 Å². The molecule has 4 nitrogen and oxygen atoms in total. The van der Waals surface area contributed by atoms with Crippen molar-refractivity contribution in [2.75, 3.05) is 13.1 Å². The van der Waals surface area contributed by atoms with Gasteiger partial charge >= 0.3 is 0 Å². The number of aryl methyl sites for hydroxylation is 1. The molecule has 1 heterocycles. The summed E-state index contributed by atoms with van der Waals surface area (Å²) in [6, 6.07) is 7.97. The topological polar surface area (TPSA) is 49.4 Å². The Bertz CT molecular complexity index is 529. The van der Waals surface area contributed by atoms with Gasteiger partial charge in [-0.25, -0.2) is 0 Å². The van der Waals surface area contributed by atoms with Crippen LogP contribution in [0.4, 0.5) is 0 Å². The van der Waals surface area contributed by atoms with E-state index in [1.54, 1.807) is 0 Å². The average Bonchev–Trinajstić information content (AvgIpc) is 2.53. The van der Waals surface area contributed by atoms with Crippen molar-refractivity contribution in [3.05, 3.63) is 35.4 Å². The van der Waals surface area contributed by atoms with Crippen LogP contribution in [0.1, 0.15) is 55.5 Å². The molecule has 0 spiro atoms. The van der Waals surface area contributed by atoms with Gasteiger partial charge in [-0.05, 0) is 58.1 Å². The first-order valence-corrected chi connectivity index (χ1v) is 8.61. The number of carbonyl (C=O) groups excluding carboxylic acids is 2. The number of hydrogen-bond acceptors (Lipinski definition) is 2. The summed E-state index contributed by atoms with van der Waals surface area (Å²) in [5.74, 6) is 0.814. The molecule has 126 valence electrons. The molecule has 0 saturated carbocycles. The maximum atomic E-state index is 12.5. The molecular weight excluding hydrogens is 288 g/mol. The van der Waals surface area contributed by atoms with Crippen molar-refractivity contribution in [1.82, 2.24) is 10.2 Å². The lowest BCUT2D eigenvalue weighted by Gasteiger charge is -2.32. The highest BCUT2D eigenvalue weighted by molar-refractivity contribution is 5.94. The standard InChI is InChI=1S/C19H28N2O2/c1-14(2)20-18(22)9-6-16-10-12-21(13-11-16)19(23)17-7-4-15(3)5-8-17/h4-5,7-8,14,16H,6,9-13H2,1-3H3,(H,20,22). The van der Waals surface area contributed by atoms with Crippen LogP contribution in [0, 0.1) is 12.8 Å². The summed E-state index contributed by atoms with van der Waals surface area (Å²) in [6.07, 6.45) is 3.50. The molecular formula is C19H28N2O2. The molecule has 1 aromatic rings. The summed E-state index contributed by atoms with van der Waals surface area (Å²) in [5.41, 5.74) is 1.94. The molecule has 4 heteroatoms. The molecule has 1 aliphatic rings. The Morgan fingerprint density at radius 2 is 1.78 bits per heavy atom. The van der Waals surface area contributed by atoms with Gasteiger partial charge < -0.3 is 10.2 Å². The van der Waals surface area contributed by atoms with E-state index in [9.17, 15) is 9.59 Å². The number of benzene rings is 1. The molecule has 1 aromatic carbocycles. The number of piperidine rings is 1. The minimum Gasteiger partial charge on any atom is -0.354 e. The van der Waals surface area contributed by atoms with Crippen molar-refractivity contribution in [2.24, 2.45) is 5.92 Å². The average molecular weight is 316 g/mol. The van der Waals surface area contributed by atoms with Gasteiger partial charge in [-0.2, -0.15) is 0 Å². The van der Waals surface area contributed by atoms with Gasteiger partial charge in [0.15, 0.2) is 0 Å². The van der Waals surface area contributed by atoms with E-state index in [4.69, 9.17) is 0 Å². The largest absolute Gasteiger partial charge is 0.354 e. The second-order valence-corrected chi connectivity index (χ2v) is 6.86. The Morgan fingerprint density at radius 1 is 1.17 bits per heavy atom. The zero-order chi connectivity index (χ0) is 16.8. The van der Waals surface area contributed by atoms with Gasteiger partial charge in [0.2, 0.25) is 5.91 Å². The number of nitrogens with zero attached hydrogens (tertiary/aromatic N) is 1. The van der Waals surface area contributed by atoms with Crippen LogP contribution in [0.2, 0.25) is 0 Å². The van der Waals surface area contributed by atoms with Gasteiger partial charge in [-0.3, -0.25) is 9.59 Å². The lowest BCUT2D eigenvalue weighted by molar-refractivity contribution is -0.121. The molecule has 2 rings (SSSR count). The Balaban J connectivity index is 1.76. The van der Waals surface area contributed by atoms with Crippen molar-refractivity contribution >= 4 is 11.8 Å². The number of rotatable bonds is 5. The maximum Gasteiger partial charge on any atom is 0.253 e. The van der Waals surface area contributed by atoms with Crippen molar-refractivity contribution < 1.29 is 9.59 Å². The lowest BCUT2D eigenvalue weighted by atomic mass is 9.91. The summed E-state index contributed by atoms with van der Waals surface area (Å²) in [4.78, 5) is 26.1. The minimum absolute atomic E-state index is 0.126. The Morgan fingerprint density at radius 3 is 2.35 bits per heavy atom.